The maximum Gasteiger partial charge on any atom is 0.255 e. The zero-order valence-electron chi connectivity index (χ0n) is 9.53. The van der Waals surface area contributed by atoms with Gasteiger partial charge in [-0.15, -0.1) is 0 Å². The number of nitrogens with two attached hydrogens (primary N) is 1. The second-order valence-corrected chi connectivity index (χ2v) is 4.64. The minimum absolute atomic E-state index is 0.361. The summed E-state index contributed by atoms with van der Waals surface area (Å²) < 4.78 is 5.09. The molecule has 0 aliphatic heterocycles. The molecule has 0 saturated heterocycles. The molecule has 1 amide bonds. The van der Waals surface area contributed by atoms with Crippen LogP contribution in [0.15, 0.2) is 22.1 Å². The number of rotatable bonds is 7. The van der Waals surface area contributed by atoms with Crippen LogP contribution in [0.5, 0.6) is 0 Å². The first-order valence-corrected chi connectivity index (χ1v) is 6.14. The SMILES string of the molecule is CCCNC(C)(CSc1ncco1)C(N)=O. The molecule has 1 unspecified atom stereocenters. The summed E-state index contributed by atoms with van der Waals surface area (Å²) in [6.07, 6.45) is 4.03. The molecule has 0 aromatic carbocycles. The van der Waals surface area contributed by atoms with Gasteiger partial charge in [0.2, 0.25) is 5.91 Å². The van der Waals surface area contributed by atoms with Crippen LogP contribution in [0.1, 0.15) is 20.3 Å². The molecule has 0 bridgehead atoms. The molecule has 16 heavy (non-hydrogen) atoms. The summed E-state index contributed by atoms with van der Waals surface area (Å²) in [7, 11) is 0. The molecule has 1 rings (SSSR count). The average Bonchev–Trinajstić information content (AvgIpc) is 2.76. The Labute approximate surface area is 99.2 Å². The lowest BCUT2D eigenvalue weighted by Gasteiger charge is -2.26. The van der Waals surface area contributed by atoms with Gasteiger partial charge >= 0.3 is 0 Å². The van der Waals surface area contributed by atoms with Gasteiger partial charge in [0.25, 0.3) is 5.22 Å². The molecule has 0 fully saturated rings. The monoisotopic (exact) mass is 243 g/mol. The number of carbonyl (C=O) groups excluding carboxylic acids is 1. The minimum atomic E-state index is -0.727. The molecule has 90 valence electrons. The van der Waals surface area contributed by atoms with Gasteiger partial charge in [0.1, 0.15) is 11.8 Å². The number of hydrogen-bond acceptors (Lipinski definition) is 5. The van der Waals surface area contributed by atoms with Gasteiger partial charge < -0.3 is 15.5 Å². The number of hydrogen-bond donors (Lipinski definition) is 2. The molecule has 0 saturated carbocycles. The second-order valence-electron chi connectivity index (χ2n) is 3.71. The molecule has 1 heterocycles. The fraction of sp³-hybridized carbons (Fsp3) is 0.600. The van der Waals surface area contributed by atoms with Gasteiger partial charge in [0.05, 0.1) is 6.20 Å². The first-order chi connectivity index (χ1) is 7.58. The Morgan fingerprint density at radius 1 is 1.75 bits per heavy atom. The standard InChI is InChI=1S/C10H17N3O2S/c1-3-4-13-10(2,8(11)14)7-16-9-12-5-6-15-9/h5-6,13H,3-4,7H2,1-2H3,(H2,11,14). The first kappa shape index (κ1) is 13.1. The number of aromatic nitrogens is 1. The Hall–Kier alpha value is -1.01. The van der Waals surface area contributed by atoms with E-state index >= 15 is 0 Å². The van der Waals surface area contributed by atoms with Crippen LogP contribution in [0.4, 0.5) is 0 Å². The van der Waals surface area contributed by atoms with Crippen molar-refractivity contribution in [3.8, 4) is 0 Å². The van der Waals surface area contributed by atoms with Crippen molar-refractivity contribution in [3.63, 3.8) is 0 Å². The number of primary amides is 1. The molecule has 1 aromatic heterocycles. The van der Waals surface area contributed by atoms with E-state index in [1.807, 2.05) is 6.92 Å². The molecular weight excluding hydrogens is 226 g/mol. The largest absolute Gasteiger partial charge is 0.440 e. The van der Waals surface area contributed by atoms with E-state index in [2.05, 4.69) is 10.3 Å². The number of thioether (sulfide) groups is 1. The zero-order valence-corrected chi connectivity index (χ0v) is 10.3. The Bertz CT molecular complexity index is 329. The summed E-state index contributed by atoms with van der Waals surface area (Å²) in [6, 6.07) is 0. The van der Waals surface area contributed by atoms with Crippen molar-refractivity contribution in [1.29, 1.82) is 0 Å². The Balaban J connectivity index is 2.53. The molecule has 0 aliphatic carbocycles. The predicted octanol–water partition coefficient (Wildman–Crippen LogP) is 1.01. The Morgan fingerprint density at radius 2 is 2.50 bits per heavy atom. The van der Waals surface area contributed by atoms with E-state index in [-0.39, 0.29) is 5.91 Å². The third kappa shape index (κ3) is 3.53. The number of nitrogens with one attached hydrogen (secondary N) is 1. The van der Waals surface area contributed by atoms with Gasteiger partial charge in [0.15, 0.2) is 0 Å². The summed E-state index contributed by atoms with van der Waals surface area (Å²) in [5.74, 6) is 0.142. The normalized spacial score (nSPS) is 14.6. The maximum atomic E-state index is 11.4. The van der Waals surface area contributed by atoms with Gasteiger partial charge in [-0.05, 0) is 19.9 Å². The van der Waals surface area contributed by atoms with Crippen LogP contribution >= 0.6 is 11.8 Å². The zero-order chi connectivity index (χ0) is 12.0. The smallest absolute Gasteiger partial charge is 0.255 e. The van der Waals surface area contributed by atoms with Crippen molar-refractivity contribution in [2.75, 3.05) is 12.3 Å². The van der Waals surface area contributed by atoms with E-state index in [1.54, 1.807) is 13.1 Å². The molecule has 5 nitrogen and oxygen atoms in total. The lowest BCUT2D eigenvalue weighted by molar-refractivity contribution is -0.122. The van der Waals surface area contributed by atoms with Crippen molar-refractivity contribution in [2.45, 2.75) is 31.0 Å². The second kappa shape index (κ2) is 5.91. The molecular formula is C10H17N3O2S. The summed E-state index contributed by atoms with van der Waals surface area (Å²) in [4.78, 5) is 15.4. The number of oxazole rings is 1. The van der Waals surface area contributed by atoms with Gasteiger partial charge in [-0.25, -0.2) is 4.98 Å². The number of nitrogens with zero attached hydrogens (tertiary/aromatic N) is 1. The van der Waals surface area contributed by atoms with Crippen molar-refractivity contribution in [3.05, 3.63) is 12.5 Å². The topological polar surface area (TPSA) is 81.2 Å². The van der Waals surface area contributed by atoms with Gasteiger partial charge in [-0.1, -0.05) is 18.7 Å². The van der Waals surface area contributed by atoms with Crippen molar-refractivity contribution >= 4 is 17.7 Å². The van der Waals surface area contributed by atoms with E-state index in [1.165, 1.54) is 18.0 Å². The van der Waals surface area contributed by atoms with Gasteiger partial charge in [-0.3, -0.25) is 4.79 Å². The summed E-state index contributed by atoms with van der Waals surface area (Å²) >= 11 is 1.37. The minimum Gasteiger partial charge on any atom is -0.440 e. The highest BCUT2D eigenvalue weighted by Gasteiger charge is 2.30. The summed E-state index contributed by atoms with van der Waals surface area (Å²) in [5.41, 5.74) is 4.66. The van der Waals surface area contributed by atoms with Crippen LogP contribution < -0.4 is 11.1 Å². The predicted molar refractivity (Wildman–Crippen MR) is 63.1 cm³/mol. The van der Waals surface area contributed by atoms with Crippen LogP contribution in [0, 0.1) is 0 Å². The van der Waals surface area contributed by atoms with E-state index in [9.17, 15) is 4.79 Å². The highest BCUT2D eigenvalue weighted by molar-refractivity contribution is 7.99. The van der Waals surface area contributed by atoms with Gasteiger partial charge in [-0.2, -0.15) is 0 Å². The first-order valence-electron chi connectivity index (χ1n) is 5.15. The van der Waals surface area contributed by atoms with Crippen LogP contribution in [0.3, 0.4) is 0 Å². The molecule has 6 heteroatoms. The van der Waals surface area contributed by atoms with Crippen molar-refractivity contribution < 1.29 is 9.21 Å². The summed E-state index contributed by atoms with van der Waals surface area (Å²) in [5, 5.41) is 3.69. The molecule has 1 aromatic rings. The van der Waals surface area contributed by atoms with E-state index in [0.29, 0.717) is 11.0 Å². The molecule has 0 spiro atoms. The Kier molecular flexibility index (Phi) is 4.82. The lowest BCUT2D eigenvalue weighted by Crippen LogP contribution is -2.55. The van der Waals surface area contributed by atoms with Gasteiger partial charge in [0, 0.05) is 5.75 Å². The Morgan fingerprint density at radius 3 is 3.00 bits per heavy atom. The van der Waals surface area contributed by atoms with Crippen LogP contribution in [0.25, 0.3) is 0 Å². The average molecular weight is 243 g/mol. The van der Waals surface area contributed by atoms with Crippen LogP contribution in [-0.2, 0) is 4.79 Å². The summed E-state index contributed by atoms with van der Waals surface area (Å²) in [6.45, 7) is 4.59. The van der Waals surface area contributed by atoms with E-state index in [0.717, 1.165) is 13.0 Å². The molecule has 1 atom stereocenters. The highest BCUT2D eigenvalue weighted by Crippen LogP contribution is 2.20. The quantitative estimate of drug-likeness (QED) is 0.698. The van der Waals surface area contributed by atoms with E-state index in [4.69, 9.17) is 10.2 Å². The fourth-order valence-electron chi connectivity index (χ4n) is 1.10. The fourth-order valence-corrected chi connectivity index (χ4v) is 2.01. The number of carbonyl (C=O) groups is 1. The highest BCUT2D eigenvalue weighted by atomic mass is 32.2. The van der Waals surface area contributed by atoms with Crippen molar-refractivity contribution in [2.24, 2.45) is 5.73 Å². The molecule has 3 N–H and O–H groups in total. The lowest BCUT2D eigenvalue weighted by atomic mass is 10.1. The third-order valence-electron chi connectivity index (χ3n) is 2.20. The van der Waals surface area contributed by atoms with E-state index < -0.39 is 5.54 Å². The number of amides is 1. The van der Waals surface area contributed by atoms with Crippen LogP contribution in [-0.4, -0.2) is 28.7 Å². The van der Waals surface area contributed by atoms with Crippen LogP contribution in [0.2, 0.25) is 0 Å². The molecule has 0 radical (unpaired) electrons. The molecule has 0 aliphatic rings. The van der Waals surface area contributed by atoms with Crippen molar-refractivity contribution in [1.82, 2.24) is 10.3 Å². The third-order valence-corrected chi connectivity index (χ3v) is 3.37. The maximum absolute atomic E-state index is 11.4.